The van der Waals surface area contributed by atoms with E-state index in [0.29, 0.717) is 50.4 Å². The Labute approximate surface area is 233 Å². The average Bonchev–Trinajstić information content (AvgIpc) is 3.41. The van der Waals surface area contributed by atoms with Gasteiger partial charge in [-0.25, -0.2) is 9.59 Å². The van der Waals surface area contributed by atoms with Crippen LogP contribution in [0.3, 0.4) is 0 Å². The molecule has 2 saturated heterocycles. The molecule has 1 aromatic heterocycles. The number of amides is 3. The summed E-state index contributed by atoms with van der Waals surface area (Å²) in [6, 6.07) is 7.40. The van der Waals surface area contributed by atoms with Gasteiger partial charge in [-0.15, -0.1) is 0 Å². The smallest absolute Gasteiger partial charge is 0.354 e. The number of hydrogen-bond acceptors (Lipinski definition) is 8. The number of rotatable bonds is 5. The van der Waals surface area contributed by atoms with E-state index in [4.69, 9.17) is 16.2 Å². The third kappa shape index (κ3) is 5.06. The molecule has 3 aliphatic heterocycles. The molecule has 0 spiro atoms. The summed E-state index contributed by atoms with van der Waals surface area (Å²) >= 11 is 0. The van der Waals surface area contributed by atoms with Gasteiger partial charge in [0.05, 0.1) is 11.2 Å². The summed E-state index contributed by atoms with van der Waals surface area (Å²) in [5, 5.41) is 2.70. The summed E-state index contributed by atoms with van der Waals surface area (Å²) in [7, 11) is 0. The van der Waals surface area contributed by atoms with Crippen molar-refractivity contribution >= 4 is 17.8 Å². The van der Waals surface area contributed by atoms with Crippen molar-refractivity contribution in [3.8, 4) is 11.4 Å². The Kier molecular flexibility index (Phi) is 6.79. The largest absolute Gasteiger partial charge is 0.492 e. The number of piperazine rings is 1. The van der Waals surface area contributed by atoms with Gasteiger partial charge >= 0.3 is 11.7 Å². The van der Waals surface area contributed by atoms with Gasteiger partial charge in [0, 0.05) is 57.6 Å². The van der Waals surface area contributed by atoms with E-state index in [9.17, 15) is 14.4 Å². The Morgan fingerprint density at radius 3 is 2.45 bits per heavy atom. The minimum atomic E-state index is -0.951. The molecule has 1 aliphatic carbocycles. The lowest BCUT2D eigenvalue weighted by molar-refractivity contribution is -0.137. The summed E-state index contributed by atoms with van der Waals surface area (Å²) in [6.07, 6.45) is 2.52. The molecule has 6 rings (SSSR count). The molecule has 214 valence electrons. The lowest BCUT2D eigenvalue weighted by atomic mass is 10.0. The normalized spacial score (nSPS) is 26.1. The molecule has 1 unspecified atom stereocenters. The first-order chi connectivity index (χ1) is 19.1. The third-order valence-electron chi connectivity index (χ3n) is 8.85. The molecule has 1 aromatic carbocycles. The molecule has 2 aromatic rings. The van der Waals surface area contributed by atoms with Crippen LogP contribution in [0.4, 0.5) is 10.6 Å². The molecule has 3 fully saturated rings. The number of nitrogens with zero attached hydrogens (tertiary/aromatic N) is 5. The van der Waals surface area contributed by atoms with Crippen LogP contribution in [-0.2, 0) is 11.2 Å². The van der Waals surface area contributed by atoms with Gasteiger partial charge in [0.15, 0.2) is 0 Å². The fourth-order valence-electron chi connectivity index (χ4n) is 6.44. The molecule has 0 bridgehead atoms. The number of nitrogens with two attached hydrogens (primary N) is 2. The van der Waals surface area contributed by atoms with Gasteiger partial charge < -0.3 is 26.0 Å². The molecule has 5 N–H and O–H groups in total. The first-order valence-corrected chi connectivity index (χ1v) is 14.1. The monoisotopic (exact) mass is 550 g/mol. The van der Waals surface area contributed by atoms with Crippen molar-refractivity contribution in [2.75, 3.05) is 57.7 Å². The zero-order valence-corrected chi connectivity index (χ0v) is 23.1. The molecule has 4 atom stereocenters. The van der Waals surface area contributed by atoms with Crippen LogP contribution < -0.4 is 27.2 Å². The number of nitrogens with one attached hydrogen (secondary N) is 1. The molecule has 12 heteroatoms. The number of fused-ring (bicyclic) bond motifs is 2. The molecule has 1 saturated carbocycles. The fourth-order valence-corrected chi connectivity index (χ4v) is 6.44. The highest BCUT2D eigenvalue weighted by Gasteiger charge is 2.55. The molecular formula is C28H38N8O4. The number of benzene rings is 1. The van der Waals surface area contributed by atoms with Crippen molar-refractivity contribution in [1.82, 2.24) is 24.3 Å². The second kappa shape index (κ2) is 10.2. The van der Waals surface area contributed by atoms with Crippen LogP contribution in [0.1, 0.15) is 19.4 Å². The highest BCUT2D eigenvalue weighted by atomic mass is 16.5. The van der Waals surface area contributed by atoms with Crippen LogP contribution >= 0.6 is 0 Å². The number of aromatic nitrogens is 2. The average molecular weight is 551 g/mol. The number of carbonyl (C=O) groups is 2. The van der Waals surface area contributed by atoms with E-state index < -0.39 is 11.2 Å². The zero-order valence-electron chi connectivity index (χ0n) is 23.1. The topological polar surface area (TPSA) is 152 Å². The molecule has 0 radical (unpaired) electrons. The van der Waals surface area contributed by atoms with Crippen LogP contribution in [0.5, 0.6) is 5.75 Å². The number of carbonyl (C=O) groups excluding carboxylic acids is 2. The zero-order chi connectivity index (χ0) is 28.2. The molecule has 40 heavy (non-hydrogen) atoms. The number of likely N-dealkylation sites (tertiary alicyclic amines) is 1. The van der Waals surface area contributed by atoms with Gasteiger partial charge in [-0.2, -0.15) is 4.98 Å². The second-order valence-electron chi connectivity index (χ2n) is 12.0. The highest BCUT2D eigenvalue weighted by molar-refractivity contribution is 5.89. The van der Waals surface area contributed by atoms with Crippen LogP contribution in [0, 0.1) is 17.8 Å². The minimum absolute atomic E-state index is 0.144. The Bertz CT molecular complexity index is 1350. The summed E-state index contributed by atoms with van der Waals surface area (Å²) < 4.78 is 7.58. The Morgan fingerprint density at radius 2 is 1.80 bits per heavy atom. The maximum Gasteiger partial charge on any atom is 0.354 e. The van der Waals surface area contributed by atoms with Crippen molar-refractivity contribution < 1.29 is 14.3 Å². The van der Waals surface area contributed by atoms with E-state index in [1.165, 1.54) is 4.57 Å². The number of ether oxygens (including phenoxy) is 1. The first kappa shape index (κ1) is 26.7. The Balaban J connectivity index is 1.05. The SMILES string of the molecule is CC(C)(N)C(=O)N1CCN(C(=O)Nc2ccn(-c3ccc4c(c3)OCC(N3C[C@@H]5[C@@H](CN)[C@@H]5C3)C4)c(=O)n2)CC1. The third-order valence-corrected chi connectivity index (χ3v) is 8.85. The summed E-state index contributed by atoms with van der Waals surface area (Å²) in [6.45, 7) is 8.53. The van der Waals surface area contributed by atoms with Crippen molar-refractivity contribution in [3.63, 3.8) is 0 Å². The predicted octanol–water partition coefficient (Wildman–Crippen LogP) is 0.0859. The van der Waals surface area contributed by atoms with E-state index in [-0.39, 0.29) is 17.8 Å². The number of anilines is 1. The Hall–Kier alpha value is -3.48. The summed E-state index contributed by atoms with van der Waals surface area (Å²) in [5.41, 5.74) is 12.1. The highest BCUT2D eigenvalue weighted by Crippen LogP contribution is 2.51. The second-order valence-corrected chi connectivity index (χ2v) is 12.0. The molecular weight excluding hydrogens is 512 g/mol. The quantitative estimate of drug-likeness (QED) is 0.474. The molecule has 4 aliphatic rings. The van der Waals surface area contributed by atoms with Crippen LogP contribution in [0.15, 0.2) is 35.3 Å². The predicted molar refractivity (Wildman–Crippen MR) is 149 cm³/mol. The lowest BCUT2D eigenvalue weighted by Crippen LogP contribution is -2.58. The van der Waals surface area contributed by atoms with Gasteiger partial charge in [0.1, 0.15) is 18.2 Å². The fraction of sp³-hybridized carbons (Fsp3) is 0.571. The van der Waals surface area contributed by atoms with Crippen molar-refractivity contribution in [3.05, 3.63) is 46.5 Å². The first-order valence-electron chi connectivity index (χ1n) is 14.1. The van der Waals surface area contributed by atoms with E-state index in [1.54, 1.807) is 35.9 Å². The van der Waals surface area contributed by atoms with E-state index in [0.717, 1.165) is 49.2 Å². The number of urea groups is 1. The van der Waals surface area contributed by atoms with Crippen molar-refractivity contribution in [2.45, 2.75) is 31.8 Å². The van der Waals surface area contributed by atoms with Crippen molar-refractivity contribution in [2.24, 2.45) is 29.2 Å². The van der Waals surface area contributed by atoms with Crippen LogP contribution in [-0.4, -0.2) is 100 Å². The molecule has 3 amide bonds. The van der Waals surface area contributed by atoms with Gasteiger partial charge in [-0.05, 0) is 62.3 Å². The maximum absolute atomic E-state index is 12.9. The minimum Gasteiger partial charge on any atom is -0.492 e. The maximum atomic E-state index is 12.9. The number of hydrogen-bond donors (Lipinski definition) is 3. The van der Waals surface area contributed by atoms with Gasteiger partial charge in [-0.1, -0.05) is 6.07 Å². The molecule has 4 heterocycles. The van der Waals surface area contributed by atoms with Crippen LogP contribution in [0.25, 0.3) is 5.69 Å². The summed E-state index contributed by atoms with van der Waals surface area (Å²) in [4.78, 5) is 47.9. The van der Waals surface area contributed by atoms with Gasteiger partial charge in [0.25, 0.3) is 0 Å². The summed E-state index contributed by atoms with van der Waals surface area (Å²) in [5.74, 6) is 3.04. The lowest BCUT2D eigenvalue weighted by Gasteiger charge is -2.37. The molecule has 12 nitrogen and oxygen atoms in total. The van der Waals surface area contributed by atoms with E-state index in [1.807, 2.05) is 18.2 Å². The van der Waals surface area contributed by atoms with E-state index >= 15 is 0 Å². The standard InChI is InChI=1S/C28H38N8O4/c1-28(2,30)25(37)33-7-9-34(10-8-33)26(38)31-24-5-6-36(27(39)32-24)18-4-3-17-11-19(16-40-23(17)12-18)35-14-21-20(13-29)22(21)15-35/h3-6,12,19-22H,7-11,13-16,29-30H2,1-2H3,(H,31,32,38,39)/t19?,20-,21-,22+. The van der Waals surface area contributed by atoms with Crippen LogP contribution in [0.2, 0.25) is 0 Å². The Morgan fingerprint density at radius 1 is 1.10 bits per heavy atom. The van der Waals surface area contributed by atoms with E-state index in [2.05, 4.69) is 15.2 Å². The number of piperidine rings is 1. The van der Waals surface area contributed by atoms with Gasteiger partial charge in [-0.3, -0.25) is 19.6 Å². The van der Waals surface area contributed by atoms with Crippen molar-refractivity contribution in [1.29, 1.82) is 0 Å². The van der Waals surface area contributed by atoms with Gasteiger partial charge in [0.2, 0.25) is 5.91 Å².